The van der Waals surface area contributed by atoms with E-state index < -0.39 is 0 Å². The molecule has 1 aliphatic heterocycles. The van der Waals surface area contributed by atoms with Gasteiger partial charge in [0.15, 0.2) is 0 Å². The number of para-hydroxylation sites is 1. The summed E-state index contributed by atoms with van der Waals surface area (Å²) < 4.78 is 18.7. The second-order valence-electron chi connectivity index (χ2n) is 9.15. The van der Waals surface area contributed by atoms with Crippen LogP contribution < -0.4 is 15.4 Å². The van der Waals surface area contributed by atoms with Gasteiger partial charge in [0.05, 0.1) is 18.9 Å². The summed E-state index contributed by atoms with van der Waals surface area (Å²) >= 11 is 0. The van der Waals surface area contributed by atoms with Crippen LogP contribution >= 0.6 is 0 Å². The highest BCUT2D eigenvalue weighted by atomic mass is 19.1. The van der Waals surface area contributed by atoms with E-state index in [2.05, 4.69) is 27.7 Å². The molecule has 1 fully saturated rings. The summed E-state index contributed by atoms with van der Waals surface area (Å²) in [4.78, 5) is 28.5. The number of carbonyl (C=O) groups is 2. The number of benzene rings is 3. The van der Waals surface area contributed by atoms with E-state index in [-0.39, 0.29) is 29.5 Å². The molecule has 188 valence electrons. The molecule has 2 amide bonds. The third-order valence-corrected chi connectivity index (χ3v) is 6.58. The van der Waals surface area contributed by atoms with Crippen LogP contribution in [0.5, 0.6) is 5.75 Å². The lowest BCUT2D eigenvalue weighted by Crippen LogP contribution is -2.49. The molecule has 0 saturated carbocycles. The second kappa shape index (κ2) is 12.3. The Morgan fingerprint density at radius 3 is 2.31 bits per heavy atom. The zero-order chi connectivity index (χ0) is 25.3. The molecule has 4 rings (SSSR count). The van der Waals surface area contributed by atoms with Gasteiger partial charge in [-0.1, -0.05) is 48.5 Å². The Hall–Kier alpha value is -3.71. The SMILES string of the molecule is COc1ccccc1CNC(=O)[C@H]1C[C@@H](C(=O)Nc2ccc(F)cc2)CN(CCc2ccccc2)C1. The first-order valence-corrected chi connectivity index (χ1v) is 12.2. The Labute approximate surface area is 211 Å². The highest BCUT2D eigenvalue weighted by Gasteiger charge is 2.35. The van der Waals surface area contributed by atoms with Crippen LogP contribution in [0, 0.1) is 17.7 Å². The zero-order valence-corrected chi connectivity index (χ0v) is 20.5. The molecule has 6 nitrogen and oxygen atoms in total. The standard InChI is InChI=1S/C29H32FN3O3/c1-36-27-10-6-5-9-22(27)18-31-28(34)23-17-24(29(35)32-26-13-11-25(30)12-14-26)20-33(19-23)16-15-21-7-3-2-4-8-21/h2-14,23-24H,15-20H2,1H3,(H,31,34)(H,32,35)/t23-,24+/m0/s1. The van der Waals surface area contributed by atoms with Crippen molar-refractivity contribution in [2.75, 3.05) is 32.1 Å². The van der Waals surface area contributed by atoms with Crippen molar-refractivity contribution in [1.82, 2.24) is 10.2 Å². The first kappa shape index (κ1) is 25.4. The van der Waals surface area contributed by atoms with Crippen LogP contribution in [-0.2, 0) is 22.6 Å². The molecule has 0 bridgehead atoms. The first-order valence-electron chi connectivity index (χ1n) is 12.2. The van der Waals surface area contributed by atoms with E-state index in [1.165, 1.54) is 17.7 Å². The number of hydrogen-bond acceptors (Lipinski definition) is 4. The number of amides is 2. The van der Waals surface area contributed by atoms with E-state index in [4.69, 9.17) is 4.74 Å². The quantitative estimate of drug-likeness (QED) is 0.471. The van der Waals surface area contributed by atoms with E-state index in [0.717, 1.165) is 24.3 Å². The molecule has 0 aromatic heterocycles. The van der Waals surface area contributed by atoms with E-state index in [1.807, 2.05) is 42.5 Å². The zero-order valence-electron chi connectivity index (χ0n) is 20.5. The summed E-state index contributed by atoms with van der Waals surface area (Å²) in [5, 5.41) is 5.92. The lowest BCUT2D eigenvalue weighted by Gasteiger charge is -2.36. The van der Waals surface area contributed by atoms with Crippen LogP contribution in [0.1, 0.15) is 17.5 Å². The van der Waals surface area contributed by atoms with Crippen molar-refractivity contribution in [3.8, 4) is 5.75 Å². The fourth-order valence-electron chi connectivity index (χ4n) is 4.64. The number of nitrogens with one attached hydrogen (secondary N) is 2. The number of piperidine rings is 1. The van der Waals surface area contributed by atoms with Gasteiger partial charge in [0.1, 0.15) is 11.6 Å². The summed E-state index contributed by atoms with van der Waals surface area (Å²) in [5.74, 6) is -0.555. The van der Waals surface area contributed by atoms with Crippen LogP contribution in [0.25, 0.3) is 0 Å². The largest absolute Gasteiger partial charge is 0.496 e. The number of nitrogens with zero attached hydrogens (tertiary/aromatic N) is 1. The average Bonchev–Trinajstić information content (AvgIpc) is 2.92. The molecule has 2 N–H and O–H groups in total. The van der Waals surface area contributed by atoms with Crippen molar-refractivity contribution < 1.29 is 18.7 Å². The normalized spacial score (nSPS) is 17.8. The Morgan fingerprint density at radius 1 is 0.917 bits per heavy atom. The fourth-order valence-corrected chi connectivity index (χ4v) is 4.64. The Morgan fingerprint density at radius 2 is 1.58 bits per heavy atom. The summed E-state index contributed by atoms with van der Waals surface area (Å²) in [6, 6.07) is 23.5. The molecule has 3 aromatic carbocycles. The van der Waals surface area contributed by atoms with Crippen LogP contribution in [0.3, 0.4) is 0 Å². The minimum Gasteiger partial charge on any atom is -0.496 e. The monoisotopic (exact) mass is 489 g/mol. The fraction of sp³-hybridized carbons (Fsp3) is 0.310. The number of anilines is 1. The summed E-state index contributed by atoms with van der Waals surface area (Å²) in [6.45, 7) is 2.26. The number of halogens is 1. The maximum Gasteiger partial charge on any atom is 0.228 e. The molecule has 36 heavy (non-hydrogen) atoms. The van der Waals surface area contributed by atoms with Crippen molar-refractivity contribution in [3.05, 3.63) is 95.8 Å². The van der Waals surface area contributed by atoms with Crippen LogP contribution in [-0.4, -0.2) is 43.5 Å². The molecule has 1 saturated heterocycles. The van der Waals surface area contributed by atoms with Gasteiger partial charge < -0.3 is 20.3 Å². The van der Waals surface area contributed by atoms with Crippen LogP contribution in [0.2, 0.25) is 0 Å². The molecule has 0 aliphatic carbocycles. The lowest BCUT2D eigenvalue weighted by atomic mass is 9.87. The Bertz CT molecular complexity index is 1150. The second-order valence-corrected chi connectivity index (χ2v) is 9.15. The first-order chi connectivity index (χ1) is 17.5. The van der Waals surface area contributed by atoms with Gasteiger partial charge in [-0.2, -0.15) is 0 Å². The van der Waals surface area contributed by atoms with E-state index in [1.54, 1.807) is 19.2 Å². The third-order valence-electron chi connectivity index (χ3n) is 6.58. The molecular formula is C29H32FN3O3. The van der Waals surface area contributed by atoms with Crippen LogP contribution in [0.4, 0.5) is 10.1 Å². The molecule has 7 heteroatoms. The summed E-state index contributed by atoms with van der Waals surface area (Å²) in [7, 11) is 1.61. The van der Waals surface area contributed by atoms with Gasteiger partial charge in [0, 0.05) is 37.4 Å². The highest BCUT2D eigenvalue weighted by molar-refractivity contribution is 5.93. The third kappa shape index (κ3) is 6.92. The number of carbonyl (C=O) groups excluding carboxylic acids is 2. The molecule has 1 heterocycles. The average molecular weight is 490 g/mol. The number of hydrogen-bond donors (Lipinski definition) is 2. The number of rotatable bonds is 9. The maximum atomic E-state index is 13.3. The maximum absolute atomic E-state index is 13.3. The van der Waals surface area contributed by atoms with Crippen molar-refractivity contribution in [1.29, 1.82) is 0 Å². The highest BCUT2D eigenvalue weighted by Crippen LogP contribution is 2.25. The van der Waals surface area contributed by atoms with E-state index in [9.17, 15) is 14.0 Å². The predicted molar refractivity (Wildman–Crippen MR) is 138 cm³/mol. The van der Waals surface area contributed by atoms with Crippen LogP contribution in [0.15, 0.2) is 78.9 Å². The Kier molecular flexibility index (Phi) is 8.68. The molecule has 3 aromatic rings. The molecule has 1 aliphatic rings. The number of likely N-dealkylation sites (tertiary alicyclic amines) is 1. The molecule has 0 unspecified atom stereocenters. The van der Waals surface area contributed by atoms with Gasteiger partial charge in [0.25, 0.3) is 0 Å². The minimum absolute atomic E-state index is 0.0788. The molecule has 0 radical (unpaired) electrons. The van der Waals surface area contributed by atoms with Gasteiger partial charge in [-0.25, -0.2) is 4.39 Å². The van der Waals surface area contributed by atoms with Crippen molar-refractivity contribution in [3.63, 3.8) is 0 Å². The van der Waals surface area contributed by atoms with Gasteiger partial charge in [-0.05, 0) is 48.7 Å². The molecular weight excluding hydrogens is 457 g/mol. The number of ether oxygens (including phenoxy) is 1. The Balaban J connectivity index is 1.43. The van der Waals surface area contributed by atoms with E-state index >= 15 is 0 Å². The summed E-state index contributed by atoms with van der Waals surface area (Å²) in [6.07, 6.45) is 1.29. The van der Waals surface area contributed by atoms with Crippen molar-refractivity contribution in [2.45, 2.75) is 19.4 Å². The van der Waals surface area contributed by atoms with Gasteiger partial charge >= 0.3 is 0 Å². The number of methoxy groups -OCH3 is 1. The lowest BCUT2D eigenvalue weighted by molar-refractivity contribution is -0.130. The topological polar surface area (TPSA) is 70.7 Å². The molecule has 0 spiro atoms. The van der Waals surface area contributed by atoms with Crippen molar-refractivity contribution >= 4 is 17.5 Å². The molecule has 2 atom stereocenters. The minimum atomic E-state index is -0.360. The van der Waals surface area contributed by atoms with Gasteiger partial charge in [0.2, 0.25) is 11.8 Å². The predicted octanol–water partition coefficient (Wildman–Crippen LogP) is 4.27. The van der Waals surface area contributed by atoms with E-state index in [0.29, 0.717) is 31.7 Å². The van der Waals surface area contributed by atoms with Gasteiger partial charge in [-0.3, -0.25) is 9.59 Å². The van der Waals surface area contributed by atoms with Gasteiger partial charge in [-0.15, -0.1) is 0 Å². The smallest absolute Gasteiger partial charge is 0.228 e. The summed E-state index contributed by atoms with van der Waals surface area (Å²) in [5.41, 5.74) is 2.66. The van der Waals surface area contributed by atoms with Crippen molar-refractivity contribution in [2.24, 2.45) is 11.8 Å².